The highest BCUT2D eigenvalue weighted by molar-refractivity contribution is 5.95. The number of H-pyrrole nitrogens is 1. The zero-order chi connectivity index (χ0) is 22.5. The molecular weight excluding hydrogens is 406 g/mol. The molecule has 0 saturated heterocycles. The molecule has 31 heavy (non-hydrogen) atoms. The Bertz CT molecular complexity index is 1250. The zero-order valence-corrected chi connectivity index (χ0v) is 17.3. The van der Waals surface area contributed by atoms with Gasteiger partial charge in [-0.25, -0.2) is 8.78 Å². The smallest absolute Gasteiger partial charge is 0.256 e. The number of aliphatic hydroxyl groups is 1. The van der Waals surface area contributed by atoms with Gasteiger partial charge < -0.3 is 19.7 Å². The monoisotopic (exact) mass is 428 g/mol. The predicted molar refractivity (Wildman–Crippen MR) is 111 cm³/mol. The van der Waals surface area contributed by atoms with Crippen molar-refractivity contribution in [2.45, 2.75) is 32.1 Å². The second kappa shape index (κ2) is 7.55. The van der Waals surface area contributed by atoms with Crippen molar-refractivity contribution < 1.29 is 23.4 Å². The van der Waals surface area contributed by atoms with Crippen LogP contribution in [0.4, 0.5) is 8.78 Å². The number of hydrogen-bond donors (Lipinski definition) is 2. The van der Waals surface area contributed by atoms with Gasteiger partial charge in [0.25, 0.3) is 11.5 Å². The molecule has 1 aliphatic heterocycles. The molecule has 0 aliphatic carbocycles. The van der Waals surface area contributed by atoms with E-state index in [0.717, 1.165) is 12.1 Å². The van der Waals surface area contributed by atoms with Crippen LogP contribution in [0.1, 0.15) is 47.1 Å². The summed E-state index contributed by atoms with van der Waals surface area (Å²) < 4.78 is 33.4. The molecule has 8 heteroatoms. The van der Waals surface area contributed by atoms with Crippen LogP contribution < -0.4 is 5.56 Å². The second-order valence-corrected chi connectivity index (χ2v) is 8.25. The number of carbonyl (C=O) groups is 1. The lowest BCUT2D eigenvalue weighted by Crippen LogP contribution is -2.37. The number of ether oxygens (including phenoxy) is 1. The zero-order valence-electron chi connectivity index (χ0n) is 17.3. The Kier molecular flexibility index (Phi) is 5.15. The Labute approximate surface area is 177 Å². The molecule has 0 radical (unpaired) electrons. The van der Waals surface area contributed by atoms with Gasteiger partial charge in [0, 0.05) is 23.9 Å². The third-order valence-electron chi connectivity index (χ3n) is 5.64. The minimum absolute atomic E-state index is 0.00873. The number of hydrogen-bond acceptors (Lipinski definition) is 4. The lowest BCUT2D eigenvalue weighted by atomic mass is 9.94. The van der Waals surface area contributed by atoms with Crippen molar-refractivity contribution in [1.82, 2.24) is 9.88 Å². The number of fused-ring (bicyclic) bond motifs is 3. The van der Waals surface area contributed by atoms with Gasteiger partial charge in [0.1, 0.15) is 0 Å². The molecule has 3 aromatic rings. The Morgan fingerprint density at radius 1 is 1.19 bits per heavy atom. The molecule has 162 valence electrons. The van der Waals surface area contributed by atoms with Gasteiger partial charge in [0.05, 0.1) is 30.2 Å². The number of nitrogens with one attached hydrogen (secondary N) is 1. The number of carbonyl (C=O) groups excluding carboxylic acids is 1. The molecule has 2 aromatic carbocycles. The molecule has 2 N–H and O–H groups in total. The van der Waals surface area contributed by atoms with Crippen LogP contribution in [0.3, 0.4) is 0 Å². The predicted octanol–water partition coefficient (Wildman–Crippen LogP) is 3.38. The van der Waals surface area contributed by atoms with Crippen molar-refractivity contribution in [2.75, 3.05) is 13.7 Å². The van der Waals surface area contributed by atoms with Crippen LogP contribution >= 0.6 is 0 Å². The van der Waals surface area contributed by atoms with Gasteiger partial charge in [-0.3, -0.25) is 9.59 Å². The highest BCUT2D eigenvalue weighted by Crippen LogP contribution is 2.34. The molecule has 0 unspecified atom stereocenters. The lowest BCUT2D eigenvalue weighted by Gasteiger charge is -2.34. The summed E-state index contributed by atoms with van der Waals surface area (Å²) in [7, 11) is 1.58. The van der Waals surface area contributed by atoms with Gasteiger partial charge in [-0.2, -0.15) is 0 Å². The minimum atomic E-state index is -1.12. The topological polar surface area (TPSA) is 82.6 Å². The van der Waals surface area contributed by atoms with Crippen LogP contribution in [-0.2, 0) is 16.9 Å². The fraction of sp³-hybridized carbons (Fsp3) is 0.304. The van der Waals surface area contributed by atoms with E-state index >= 15 is 0 Å². The van der Waals surface area contributed by atoms with Crippen LogP contribution in [0.2, 0.25) is 0 Å². The average Bonchev–Trinajstić information content (AvgIpc) is 2.73. The summed E-state index contributed by atoms with van der Waals surface area (Å²) in [5.74, 6) is -2.53. The average molecular weight is 428 g/mol. The number of aromatic amines is 1. The summed E-state index contributed by atoms with van der Waals surface area (Å²) in [6.07, 6.45) is 0. The van der Waals surface area contributed by atoms with Crippen molar-refractivity contribution in [3.05, 3.63) is 80.8 Å². The third kappa shape index (κ3) is 3.73. The molecule has 0 fully saturated rings. The quantitative estimate of drug-likeness (QED) is 0.670. The van der Waals surface area contributed by atoms with Crippen LogP contribution in [-0.4, -0.2) is 34.6 Å². The summed E-state index contributed by atoms with van der Waals surface area (Å²) >= 11 is 0. The molecule has 6 nitrogen and oxygen atoms in total. The second-order valence-electron chi connectivity index (χ2n) is 8.25. The van der Waals surface area contributed by atoms with E-state index in [1.165, 1.54) is 4.90 Å². The van der Waals surface area contributed by atoms with Gasteiger partial charge in [-0.1, -0.05) is 12.1 Å². The van der Waals surface area contributed by atoms with Crippen molar-refractivity contribution >= 4 is 16.7 Å². The number of halogens is 2. The van der Waals surface area contributed by atoms with Crippen molar-refractivity contribution in [3.8, 4) is 0 Å². The summed E-state index contributed by atoms with van der Waals surface area (Å²) in [5, 5.41) is 10.5. The molecule has 0 spiro atoms. The van der Waals surface area contributed by atoms with Gasteiger partial charge >= 0.3 is 0 Å². The van der Waals surface area contributed by atoms with E-state index < -0.39 is 28.8 Å². The first-order valence-corrected chi connectivity index (χ1v) is 9.79. The molecule has 0 saturated carbocycles. The van der Waals surface area contributed by atoms with Crippen molar-refractivity contribution in [3.63, 3.8) is 0 Å². The number of nitrogens with zero attached hydrogens (tertiary/aromatic N) is 1. The van der Waals surface area contributed by atoms with Gasteiger partial charge in [0.15, 0.2) is 11.6 Å². The summed E-state index contributed by atoms with van der Waals surface area (Å²) in [6, 6.07) is 7.89. The number of rotatable bonds is 3. The first kappa shape index (κ1) is 21.1. The molecule has 1 atom stereocenters. The molecule has 1 amide bonds. The fourth-order valence-corrected chi connectivity index (χ4v) is 3.93. The maximum Gasteiger partial charge on any atom is 0.256 e. The largest absolute Gasteiger partial charge is 0.386 e. The Morgan fingerprint density at radius 2 is 1.87 bits per heavy atom. The SMILES string of the molecule is CN(C(=O)c1cccc(C(C)(C)O)c1)[C@H]1COCc2[nH]c(=O)c3cc(F)c(F)cc3c21. The van der Waals surface area contributed by atoms with Crippen LogP contribution in [0.5, 0.6) is 0 Å². The number of pyridine rings is 1. The lowest BCUT2D eigenvalue weighted by molar-refractivity contribution is 0.0335. The van der Waals surface area contributed by atoms with Crippen molar-refractivity contribution in [2.24, 2.45) is 0 Å². The first-order valence-electron chi connectivity index (χ1n) is 9.79. The van der Waals surface area contributed by atoms with E-state index in [1.807, 2.05) is 0 Å². The maximum atomic E-state index is 14.0. The van der Waals surface area contributed by atoms with Crippen LogP contribution in [0.25, 0.3) is 10.8 Å². The number of aromatic nitrogens is 1. The van der Waals surface area contributed by atoms with Gasteiger partial charge in [-0.15, -0.1) is 0 Å². The summed E-state index contributed by atoms with van der Waals surface area (Å²) in [4.78, 5) is 29.7. The summed E-state index contributed by atoms with van der Waals surface area (Å²) in [5.41, 5.74) is 0.217. The van der Waals surface area contributed by atoms with E-state index in [4.69, 9.17) is 4.74 Å². The minimum Gasteiger partial charge on any atom is -0.386 e. The normalized spacial score (nSPS) is 16.3. The molecule has 1 aromatic heterocycles. The van der Waals surface area contributed by atoms with E-state index in [1.54, 1.807) is 45.2 Å². The molecule has 2 heterocycles. The highest BCUT2D eigenvalue weighted by atomic mass is 19.2. The Hall–Kier alpha value is -3.10. The molecule has 0 bridgehead atoms. The molecule has 1 aliphatic rings. The standard InChI is InChI=1S/C23H22F2N2O4/c1-23(2,30)13-6-4-5-12(7-13)22(29)27(3)19-11-31-10-18-20(19)14-8-16(24)17(25)9-15(14)21(28)26-18/h4-9,19,30H,10-11H2,1-3H3,(H,26,28)/t19-/m0/s1. The van der Waals surface area contributed by atoms with E-state index in [9.17, 15) is 23.5 Å². The number of amides is 1. The number of likely N-dealkylation sites (N-methyl/N-ethyl adjacent to an activating group) is 1. The van der Waals surface area contributed by atoms with E-state index in [0.29, 0.717) is 22.4 Å². The Balaban J connectivity index is 1.81. The Morgan fingerprint density at radius 3 is 2.55 bits per heavy atom. The van der Waals surface area contributed by atoms with Crippen molar-refractivity contribution in [1.29, 1.82) is 0 Å². The molecular formula is C23H22F2N2O4. The first-order chi connectivity index (χ1) is 14.6. The van der Waals surface area contributed by atoms with E-state index in [2.05, 4.69) is 4.98 Å². The van der Waals surface area contributed by atoms with Crippen LogP contribution in [0, 0.1) is 11.6 Å². The maximum absolute atomic E-state index is 14.0. The van der Waals surface area contributed by atoms with Gasteiger partial charge in [0.2, 0.25) is 0 Å². The van der Waals surface area contributed by atoms with Crippen LogP contribution in [0.15, 0.2) is 41.2 Å². The van der Waals surface area contributed by atoms with E-state index in [-0.39, 0.29) is 29.9 Å². The molecule has 4 rings (SSSR count). The summed E-state index contributed by atoms with van der Waals surface area (Å²) in [6.45, 7) is 3.47. The third-order valence-corrected chi connectivity index (χ3v) is 5.64. The highest BCUT2D eigenvalue weighted by Gasteiger charge is 2.32. The fourth-order valence-electron chi connectivity index (χ4n) is 3.93. The van der Waals surface area contributed by atoms with Gasteiger partial charge in [-0.05, 0) is 49.1 Å². The number of benzene rings is 2.